The van der Waals surface area contributed by atoms with Crippen molar-refractivity contribution in [3.8, 4) is 0 Å². The summed E-state index contributed by atoms with van der Waals surface area (Å²) >= 11 is 0. The van der Waals surface area contributed by atoms with E-state index in [0.29, 0.717) is 5.82 Å². The van der Waals surface area contributed by atoms with Crippen LogP contribution in [0.15, 0.2) is 35.5 Å². The summed E-state index contributed by atoms with van der Waals surface area (Å²) in [7, 11) is -3.47. The zero-order valence-electron chi connectivity index (χ0n) is 10.7. The molecule has 0 unspecified atom stereocenters. The standard InChI is InChI=1S/C12H13N3O4S/c1-9-13-8-15(14-9)6-7-20(18,19)11-4-2-10(3-5-11)12(16)17/h2-5,8H,6-7H2,1H3,(H,16,17). The molecule has 1 aromatic carbocycles. The summed E-state index contributed by atoms with van der Waals surface area (Å²) in [6.45, 7) is 1.92. The number of nitrogens with zero attached hydrogens (tertiary/aromatic N) is 3. The molecule has 0 amide bonds. The van der Waals surface area contributed by atoms with Crippen molar-refractivity contribution in [2.24, 2.45) is 0 Å². The molecule has 2 aromatic rings. The molecular formula is C12H13N3O4S. The second-order valence-electron chi connectivity index (χ2n) is 4.20. The van der Waals surface area contributed by atoms with Crippen LogP contribution in [0.5, 0.6) is 0 Å². The Morgan fingerprint density at radius 1 is 1.30 bits per heavy atom. The third kappa shape index (κ3) is 3.21. The molecule has 20 heavy (non-hydrogen) atoms. The van der Waals surface area contributed by atoms with Gasteiger partial charge in [-0.05, 0) is 31.2 Å². The molecule has 1 heterocycles. The predicted molar refractivity (Wildman–Crippen MR) is 70.2 cm³/mol. The van der Waals surface area contributed by atoms with Gasteiger partial charge in [0.1, 0.15) is 12.2 Å². The van der Waals surface area contributed by atoms with Gasteiger partial charge in [-0.3, -0.25) is 4.68 Å². The number of sulfone groups is 1. The second-order valence-corrected chi connectivity index (χ2v) is 6.31. The summed E-state index contributed by atoms with van der Waals surface area (Å²) in [4.78, 5) is 14.7. The first-order chi connectivity index (χ1) is 9.38. The lowest BCUT2D eigenvalue weighted by atomic mass is 10.2. The monoisotopic (exact) mass is 295 g/mol. The fraction of sp³-hybridized carbons (Fsp3) is 0.250. The molecule has 7 nitrogen and oxygen atoms in total. The van der Waals surface area contributed by atoms with Gasteiger partial charge in [-0.2, -0.15) is 5.10 Å². The van der Waals surface area contributed by atoms with Gasteiger partial charge in [0, 0.05) is 0 Å². The summed E-state index contributed by atoms with van der Waals surface area (Å²) in [5.74, 6) is -0.636. The van der Waals surface area contributed by atoms with E-state index in [-0.39, 0.29) is 22.8 Å². The number of aryl methyl sites for hydroxylation is 2. The quantitative estimate of drug-likeness (QED) is 0.873. The number of benzene rings is 1. The molecule has 0 fully saturated rings. The van der Waals surface area contributed by atoms with E-state index in [4.69, 9.17) is 5.11 Å². The van der Waals surface area contributed by atoms with E-state index < -0.39 is 15.8 Å². The number of aromatic carboxylic acids is 1. The average Bonchev–Trinajstić information content (AvgIpc) is 2.82. The van der Waals surface area contributed by atoms with E-state index in [9.17, 15) is 13.2 Å². The van der Waals surface area contributed by atoms with Crippen LogP contribution in [0.2, 0.25) is 0 Å². The van der Waals surface area contributed by atoms with Crippen LogP contribution in [0.1, 0.15) is 16.2 Å². The highest BCUT2D eigenvalue weighted by Crippen LogP contribution is 2.13. The van der Waals surface area contributed by atoms with Gasteiger partial charge >= 0.3 is 5.97 Å². The first-order valence-corrected chi connectivity index (χ1v) is 7.46. The van der Waals surface area contributed by atoms with Crippen LogP contribution < -0.4 is 0 Å². The Labute approximate surface area is 115 Å². The smallest absolute Gasteiger partial charge is 0.335 e. The number of hydrogen-bond acceptors (Lipinski definition) is 5. The van der Waals surface area contributed by atoms with Crippen molar-refractivity contribution < 1.29 is 18.3 Å². The van der Waals surface area contributed by atoms with Crippen molar-refractivity contribution in [2.75, 3.05) is 5.75 Å². The molecule has 0 radical (unpaired) electrons. The average molecular weight is 295 g/mol. The maximum Gasteiger partial charge on any atom is 0.335 e. The molecule has 0 aliphatic heterocycles. The van der Waals surface area contributed by atoms with Crippen LogP contribution in [0.4, 0.5) is 0 Å². The first kappa shape index (κ1) is 14.2. The van der Waals surface area contributed by atoms with E-state index in [0.717, 1.165) is 0 Å². The van der Waals surface area contributed by atoms with Crippen LogP contribution in [0.25, 0.3) is 0 Å². The van der Waals surface area contributed by atoms with Crippen molar-refractivity contribution in [2.45, 2.75) is 18.4 Å². The SMILES string of the molecule is Cc1ncn(CCS(=O)(=O)c2ccc(C(=O)O)cc2)n1. The normalized spacial score (nSPS) is 11.4. The fourth-order valence-electron chi connectivity index (χ4n) is 1.63. The third-order valence-corrected chi connectivity index (χ3v) is 4.41. The molecule has 2 rings (SSSR count). The Hall–Kier alpha value is -2.22. The molecule has 106 valence electrons. The largest absolute Gasteiger partial charge is 0.478 e. The number of carboxylic acids is 1. The Balaban J connectivity index is 2.11. The van der Waals surface area contributed by atoms with E-state index in [1.54, 1.807) is 6.92 Å². The molecule has 0 atom stereocenters. The number of carbonyl (C=O) groups is 1. The number of aromatic nitrogens is 3. The Bertz CT molecular complexity index is 719. The van der Waals surface area contributed by atoms with Gasteiger partial charge in [0.25, 0.3) is 0 Å². The van der Waals surface area contributed by atoms with Gasteiger partial charge in [0.05, 0.1) is 22.8 Å². The van der Waals surface area contributed by atoms with Gasteiger partial charge in [-0.1, -0.05) is 0 Å². The molecule has 0 saturated carbocycles. The fourth-order valence-corrected chi connectivity index (χ4v) is 2.85. The molecule has 0 bridgehead atoms. The van der Waals surface area contributed by atoms with Crippen LogP contribution in [0, 0.1) is 6.92 Å². The zero-order chi connectivity index (χ0) is 14.8. The third-order valence-electron chi connectivity index (χ3n) is 2.70. The number of hydrogen-bond donors (Lipinski definition) is 1. The first-order valence-electron chi connectivity index (χ1n) is 5.81. The maximum atomic E-state index is 12.1. The van der Waals surface area contributed by atoms with Gasteiger partial charge in [0.15, 0.2) is 9.84 Å². The summed E-state index contributed by atoms with van der Waals surface area (Å²) < 4.78 is 25.6. The van der Waals surface area contributed by atoms with E-state index in [1.807, 2.05) is 0 Å². The lowest BCUT2D eigenvalue weighted by Gasteiger charge is -2.05. The predicted octanol–water partition coefficient (Wildman–Crippen LogP) is 0.759. The molecule has 0 aliphatic rings. The van der Waals surface area contributed by atoms with Crippen molar-refractivity contribution in [3.05, 3.63) is 42.0 Å². The Kier molecular flexibility index (Phi) is 3.84. The summed E-state index contributed by atoms with van der Waals surface area (Å²) in [6, 6.07) is 5.14. The molecule has 0 spiro atoms. The lowest BCUT2D eigenvalue weighted by molar-refractivity contribution is 0.0696. The summed E-state index contributed by atoms with van der Waals surface area (Å²) in [5, 5.41) is 12.8. The highest BCUT2D eigenvalue weighted by atomic mass is 32.2. The summed E-state index contributed by atoms with van der Waals surface area (Å²) in [6.07, 6.45) is 1.47. The lowest BCUT2D eigenvalue weighted by Crippen LogP contribution is -2.14. The second kappa shape index (κ2) is 5.41. The molecule has 0 aliphatic carbocycles. The number of carboxylic acid groups (broad SMARTS) is 1. The molecule has 1 N–H and O–H groups in total. The van der Waals surface area contributed by atoms with Gasteiger partial charge < -0.3 is 5.11 Å². The highest BCUT2D eigenvalue weighted by Gasteiger charge is 2.15. The topological polar surface area (TPSA) is 102 Å². The minimum Gasteiger partial charge on any atom is -0.478 e. The molecule has 8 heteroatoms. The van der Waals surface area contributed by atoms with Crippen molar-refractivity contribution in [3.63, 3.8) is 0 Å². The van der Waals surface area contributed by atoms with Crippen LogP contribution in [0.3, 0.4) is 0 Å². The number of rotatable bonds is 5. The maximum absolute atomic E-state index is 12.1. The summed E-state index contributed by atoms with van der Waals surface area (Å²) in [5.41, 5.74) is 0.0517. The highest BCUT2D eigenvalue weighted by molar-refractivity contribution is 7.91. The van der Waals surface area contributed by atoms with E-state index in [1.165, 1.54) is 35.3 Å². The molecule has 0 saturated heterocycles. The minimum absolute atomic E-state index is 0.0517. The zero-order valence-corrected chi connectivity index (χ0v) is 11.5. The Morgan fingerprint density at radius 2 is 1.95 bits per heavy atom. The Morgan fingerprint density at radius 3 is 2.45 bits per heavy atom. The van der Waals surface area contributed by atoms with E-state index >= 15 is 0 Å². The van der Waals surface area contributed by atoms with Crippen molar-refractivity contribution in [1.29, 1.82) is 0 Å². The van der Waals surface area contributed by atoms with Gasteiger partial charge in [0.2, 0.25) is 0 Å². The van der Waals surface area contributed by atoms with Crippen LogP contribution >= 0.6 is 0 Å². The van der Waals surface area contributed by atoms with Crippen molar-refractivity contribution in [1.82, 2.24) is 14.8 Å². The van der Waals surface area contributed by atoms with Crippen LogP contribution in [-0.2, 0) is 16.4 Å². The van der Waals surface area contributed by atoms with Crippen LogP contribution in [-0.4, -0.2) is 40.0 Å². The minimum atomic E-state index is -3.47. The molecule has 1 aromatic heterocycles. The van der Waals surface area contributed by atoms with Crippen molar-refractivity contribution >= 4 is 15.8 Å². The van der Waals surface area contributed by atoms with Gasteiger partial charge in [-0.15, -0.1) is 0 Å². The molecular weight excluding hydrogens is 282 g/mol. The van der Waals surface area contributed by atoms with Gasteiger partial charge in [-0.25, -0.2) is 18.2 Å². The van der Waals surface area contributed by atoms with E-state index in [2.05, 4.69) is 10.1 Å².